The third kappa shape index (κ3) is 2.73. The molecule has 2 N–H and O–H groups in total. The highest BCUT2D eigenvalue weighted by molar-refractivity contribution is 7.89. The maximum atomic E-state index is 13.1. The van der Waals surface area contributed by atoms with Crippen LogP contribution in [0, 0.1) is 5.82 Å². The van der Waals surface area contributed by atoms with Gasteiger partial charge in [-0.25, -0.2) is 27.5 Å². The third-order valence-electron chi connectivity index (χ3n) is 3.42. The van der Waals surface area contributed by atoms with Gasteiger partial charge in [0.05, 0.1) is 10.9 Å². The maximum Gasteiger partial charge on any atom is 0.242 e. The summed E-state index contributed by atoms with van der Waals surface area (Å²) in [6.07, 6.45) is 1.09. The van der Waals surface area contributed by atoms with Crippen molar-refractivity contribution in [1.29, 1.82) is 0 Å². The first-order chi connectivity index (χ1) is 10.9. The van der Waals surface area contributed by atoms with Crippen molar-refractivity contribution in [3.05, 3.63) is 48.5 Å². The fourth-order valence-electron chi connectivity index (χ4n) is 2.25. The Hall–Kier alpha value is -2.58. The molecule has 2 aromatic carbocycles. The first kappa shape index (κ1) is 15.3. The Morgan fingerprint density at radius 3 is 2.43 bits per heavy atom. The van der Waals surface area contributed by atoms with Crippen molar-refractivity contribution in [2.24, 2.45) is 0 Å². The van der Waals surface area contributed by atoms with Crippen molar-refractivity contribution in [2.75, 3.05) is 7.05 Å². The van der Waals surface area contributed by atoms with E-state index in [-0.39, 0.29) is 21.7 Å². The lowest BCUT2D eigenvalue weighted by molar-refractivity contribution is 0.459. The van der Waals surface area contributed by atoms with E-state index in [1.54, 1.807) is 6.07 Å². The molecule has 6 nitrogen and oxygen atoms in total. The second-order valence-corrected chi connectivity index (χ2v) is 6.64. The zero-order valence-electron chi connectivity index (χ0n) is 12.0. The number of sulfonamides is 1. The summed E-state index contributed by atoms with van der Waals surface area (Å²) in [7, 11) is -2.52. The lowest BCUT2D eigenvalue weighted by Gasteiger charge is -2.10. The summed E-state index contributed by atoms with van der Waals surface area (Å²) in [5.41, 5.74) is 1.21. The number of aromatic hydroxyl groups is 1. The van der Waals surface area contributed by atoms with Gasteiger partial charge in [-0.15, -0.1) is 0 Å². The predicted octanol–water partition coefficient (Wildman–Crippen LogP) is 2.05. The van der Waals surface area contributed by atoms with E-state index in [4.69, 9.17) is 0 Å². The van der Waals surface area contributed by atoms with E-state index >= 15 is 0 Å². The smallest absolute Gasteiger partial charge is 0.242 e. The van der Waals surface area contributed by atoms with Gasteiger partial charge in [0.1, 0.15) is 17.0 Å². The maximum absolute atomic E-state index is 13.1. The first-order valence-corrected chi connectivity index (χ1v) is 8.08. The molecule has 0 atom stereocenters. The molecule has 0 aliphatic heterocycles. The number of hydrogen-bond acceptors (Lipinski definition) is 5. The molecule has 0 bridgehead atoms. The molecule has 3 aromatic rings. The van der Waals surface area contributed by atoms with E-state index in [0.29, 0.717) is 11.1 Å². The standard InChI is InChI=1S/C15H12FN3O3S/c1-17-23(21,22)13-7-10(9-2-4-11(16)5-3-9)6-12-14(13)18-8-19-15(12)20/h2-8,17H,1H3,(H,18,19,20). The van der Waals surface area contributed by atoms with Gasteiger partial charge in [-0.05, 0) is 42.4 Å². The quantitative estimate of drug-likeness (QED) is 0.765. The van der Waals surface area contributed by atoms with E-state index < -0.39 is 15.8 Å². The molecule has 118 valence electrons. The zero-order chi connectivity index (χ0) is 16.6. The van der Waals surface area contributed by atoms with Gasteiger partial charge in [-0.2, -0.15) is 0 Å². The molecule has 0 spiro atoms. The van der Waals surface area contributed by atoms with Crippen LogP contribution in [-0.2, 0) is 10.0 Å². The Morgan fingerprint density at radius 2 is 1.78 bits per heavy atom. The molecular formula is C15H12FN3O3S. The largest absolute Gasteiger partial charge is 0.493 e. The van der Waals surface area contributed by atoms with Crippen LogP contribution < -0.4 is 4.72 Å². The second kappa shape index (κ2) is 5.56. The second-order valence-electron chi connectivity index (χ2n) is 4.78. The number of nitrogens with one attached hydrogen (secondary N) is 1. The molecule has 0 fully saturated rings. The molecule has 3 rings (SSSR count). The van der Waals surface area contributed by atoms with Crippen LogP contribution in [0.3, 0.4) is 0 Å². The SMILES string of the molecule is CNS(=O)(=O)c1cc(-c2ccc(F)cc2)cc2c(O)ncnc12. The van der Waals surface area contributed by atoms with Crippen LogP contribution in [0.25, 0.3) is 22.0 Å². The van der Waals surface area contributed by atoms with Crippen molar-refractivity contribution in [1.82, 2.24) is 14.7 Å². The molecule has 0 aliphatic rings. The van der Waals surface area contributed by atoms with Crippen LogP contribution >= 0.6 is 0 Å². The van der Waals surface area contributed by atoms with Gasteiger partial charge in [-0.3, -0.25) is 0 Å². The Morgan fingerprint density at radius 1 is 1.09 bits per heavy atom. The minimum absolute atomic E-state index is 0.0884. The van der Waals surface area contributed by atoms with Crippen LogP contribution in [0.2, 0.25) is 0 Å². The summed E-state index contributed by atoms with van der Waals surface area (Å²) >= 11 is 0. The minimum Gasteiger partial charge on any atom is -0.493 e. The summed E-state index contributed by atoms with van der Waals surface area (Å²) in [6, 6.07) is 8.57. The Labute approximate surface area is 131 Å². The molecule has 23 heavy (non-hydrogen) atoms. The topological polar surface area (TPSA) is 92.2 Å². The zero-order valence-corrected chi connectivity index (χ0v) is 12.8. The predicted molar refractivity (Wildman–Crippen MR) is 82.8 cm³/mol. The van der Waals surface area contributed by atoms with Gasteiger partial charge in [-0.1, -0.05) is 12.1 Å². The fourth-order valence-corrected chi connectivity index (χ4v) is 3.17. The van der Waals surface area contributed by atoms with Crippen LogP contribution in [0.5, 0.6) is 5.88 Å². The Kier molecular flexibility index (Phi) is 3.70. The van der Waals surface area contributed by atoms with Gasteiger partial charge in [0, 0.05) is 0 Å². The van der Waals surface area contributed by atoms with Crippen molar-refractivity contribution in [2.45, 2.75) is 4.90 Å². The lowest BCUT2D eigenvalue weighted by atomic mass is 10.0. The van der Waals surface area contributed by atoms with Crippen LogP contribution in [0.15, 0.2) is 47.6 Å². The molecule has 0 aliphatic carbocycles. The van der Waals surface area contributed by atoms with Crippen molar-refractivity contribution in [3.8, 4) is 17.0 Å². The Bertz CT molecular complexity index is 989. The van der Waals surface area contributed by atoms with Crippen LogP contribution in [0.1, 0.15) is 0 Å². The number of hydrogen-bond donors (Lipinski definition) is 2. The molecule has 0 amide bonds. The van der Waals surface area contributed by atoms with Gasteiger partial charge >= 0.3 is 0 Å². The van der Waals surface area contributed by atoms with Crippen molar-refractivity contribution < 1.29 is 17.9 Å². The molecule has 0 radical (unpaired) electrons. The van der Waals surface area contributed by atoms with Gasteiger partial charge in [0.2, 0.25) is 15.9 Å². The van der Waals surface area contributed by atoms with Crippen LogP contribution in [0.4, 0.5) is 4.39 Å². The molecule has 8 heteroatoms. The monoisotopic (exact) mass is 333 g/mol. The summed E-state index contributed by atoms with van der Waals surface area (Å²) < 4.78 is 39.8. The highest BCUT2D eigenvalue weighted by Crippen LogP contribution is 2.32. The van der Waals surface area contributed by atoms with E-state index in [1.165, 1.54) is 37.4 Å². The highest BCUT2D eigenvalue weighted by Gasteiger charge is 2.20. The highest BCUT2D eigenvalue weighted by atomic mass is 32.2. The minimum atomic E-state index is -3.81. The van der Waals surface area contributed by atoms with E-state index in [2.05, 4.69) is 14.7 Å². The molecule has 0 saturated heterocycles. The summed E-state index contributed by atoms with van der Waals surface area (Å²) in [5, 5.41) is 10.1. The number of halogens is 1. The average molecular weight is 333 g/mol. The molecule has 1 aromatic heterocycles. The number of aromatic nitrogens is 2. The van der Waals surface area contributed by atoms with Crippen LogP contribution in [-0.4, -0.2) is 30.5 Å². The number of nitrogens with zero attached hydrogens (tertiary/aromatic N) is 2. The van der Waals surface area contributed by atoms with E-state index in [1.807, 2.05) is 0 Å². The first-order valence-electron chi connectivity index (χ1n) is 6.59. The normalized spacial score (nSPS) is 11.7. The van der Waals surface area contributed by atoms with E-state index in [0.717, 1.165) is 6.33 Å². The summed E-state index contributed by atoms with van der Waals surface area (Å²) in [5.74, 6) is -0.727. The number of benzene rings is 2. The fraction of sp³-hybridized carbons (Fsp3) is 0.0667. The third-order valence-corrected chi connectivity index (χ3v) is 4.85. The van der Waals surface area contributed by atoms with Gasteiger partial charge < -0.3 is 5.11 Å². The van der Waals surface area contributed by atoms with Gasteiger partial charge in [0.25, 0.3) is 0 Å². The van der Waals surface area contributed by atoms with E-state index in [9.17, 15) is 17.9 Å². The van der Waals surface area contributed by atoms with Gasteiger partial charge in [0.15, 0.2) is 0 Å². The molecular weight excluding hydrogens is 321 g/mol. The number of fused-ring (bicyclic) bond motifs is 1. The lowest BCUT2D eigenvalue weighted by Crippen LogP contribution is -2.19. The molecule has 0 unspecified atom stereocenters. The van der Waals surface area contributed by atoms with Crippen molar-refractivity contribution >= 4 is 20.9 Å². The summed E-state index contributed by atoms with van der Waals surface area (Å²) in [6.45, 7) is 0. The summed E-state index contributed by atoms with van der Waals surface area (Å²) in [4.78, 5) is 7.54. The molecule has 0 saturated carbocycles. The molecule has 1 heterocycles. The number of rotatable bonds is 3. The Balaban J connectivity index is 2.37. The average Bonchev–Trinajstić information content (AvgIpc) is 2.55. The van der Waals surface area contributed by atoms with Crippen molar-refractivity contribution in [3.63, 3.8) is 0 Å².